The van der Waals surface area contributed by atoms with Crippen LogP contribution in [-0.4, -0.2) is 70.3 Å². The van der Waals surface area contributed by atoms with Gasteiger partial charge in [0.15, 0.2) is 10.3 Å². The first kappa shape index (κ1) is 15.4. The Kier molecular flexibility index (Phi) is 4.80. The van der Waals surface area contributed by atoms with E-state index in [2.05, 4.69) is 10.2 Å². The van der Waals surface area contributed by atoms with E-state index in [0.29, 0.717) is 13.0 Å². The number of aromatic nitrogens is 2. The average molecular weight is 319 g/mol. The van der Waals surface area contributed by atoms with Crippen molar-refractivity contribution >= 4 is 29.1 Å². The average Bonchev–Trinajstić information content (AvgIpc) is 2.71. The summed E-state index contributed by atoms with van der Waals surface area (Å²) in [6, 6.07) is 1.34. The van der Waals surface area contributed by atoms with E-state index in [9.17, 15) is 9.90 Å². The van der Waals surface area contributed by atoms with Crippen LogP contribution < -0.4 is 0 Å². The maximum absolute atomic E-state index is 12.5. The van der Waals surface area contributed by atoms with Gasteiger partial charge in [0.1, 0.15) is 0 Å². The van der Waals surface area contributed by atoms with Gasteiger partial charge in [0.2, 0.25) is 0 Å². The van der Waals surface area contributed by atoms with Crippen LogP contribution in [-0.2, 0) is 0 Å². The largest absolute Gasteiger partial charge is 0.391 e. The minimum Gasteiger partial charge on any atom is -0.391 e. The van der Waals surface area contributed by atoms with Gasteiger partial charge in [0.05, 0.1) is 11.7 Å². The number of hydrogen-bond donors (Lipinski definition) is 1. The maximum atomic E-state index is 12.5. The van der Waals surface area contributed by atoms with Crippen LogP contribution in [0.5, 0.6) is 0 Å². The fourth-order valence-electron chi connectivity index (χ4n) is 2.39. The van der Waals surface area contributed by atoms with Crippen molar-refractivity contribution in [2.24, 2.45) is 0 Å². The molecule has 2 rings (SSSR count). The quantitative estimate of drug-likeness (QED) is 0.897. The lowest BCUT2D eigenvalue weighted by Crippen LogP contribution is -2.41. The summed E-state index contributed by atoms with van der Waals surface area (Å²) in [6.45, 7) is 0.959. The first-order valence-corrected chi connectivity index (χ1v) is 6.96. The number of aliphatic hydroxyl groups is 1. The summed E-state index contributed by atoms with van der Waals surface area (Å²) in [6.07, 6.45) is 0.0290. The summed E-state index contributed by atoms with van der Waals surface area (Å²) < 4.78 is 0. The van der Waals surface area contributed by atoms with Gasteiger partial charge in [-0.2, -0.15) is 0 Å². The molecule has 8 heteroatoms. The lowest BCUT2D eigenvalue weighted by molar-refractivity contribution is 0.0698. The third kappa shape index (κ3) is 3.38. The molecule has 0 spiro atoms. The van der Waals surface area contributed by atoms with Gasteiger partial charge < -0.3 is 14.9 Å². The smallest absolute Gasteiger partial charge is 0.257 e. The molecule has 2 atom stereocenters. The molecule has 1 fully saturated rings. The molecule has 110 valence electrons. The molecule has 1 aliphatic heterocycles. The van der Waals surface area contributed by atoms with Crippen molar-refractivity contribution < 1.29 is 9.90 Å². The summed E-state index contributed by atoms with van der Waals surface area (Å²) in [5, 5.41) is 17.2. The van der Waals surface area contributed by atoms with E-state index in [1.165, 1.54) is 6.07 Å². The monoisotopic (exact) mass is 318 g/mol. The van der Waals surface area contributed by atoms with Crippen LogP contribution >= 0.6 is 23.2 Å². The highest BCUT2D eigenvalue weighted by atomic mass is 35.5. The molecule has 6 nitrogen and oxygen atoms in total. The number of likely N-dealkylation sites (N-methyl/N-ethyl adjacent to an activating group) is 1. The number of aliphatic hydroxyl groups excluding tert-OH is 1. The molecular weight excluding hydrogens is 303 g/mol. The molecular formula is C12H16Cl2N4O2. The van der Waals surface area contributed by atoms with E-state index in [1.54, 1.807) is 4.90 Å². The van der Waals surface area contributed by atoms with Crippen LogP contribution in [0.1, 0.15) is 16.8 Å². The van der Waals surface area contributed by atoms with Crippen molar-refractivity contribution in [3.63, 3.8) is 0 Å². The van der Waals surface area contributed by atoms with E-state index in [1.807, 2.05) is 19.0 Å². The van der Waals surface area contributed by atoms with E-state index >= 15 is 0 Å². The standard InChI is InChI=1S/C12H16Cl2N4O2/c1-17(2)5-7-3-8(19)6-18(7)12(20)9-4-10(13)15-16-11(9)14/h4,7-8,19H,3,5-6H2,1-2H3. The van der Waals surface area contributed by atoms with Crippen LogP contribution in [0.25, 0.3) is 0 Å². The number of likely N-dealkylation sites (tertiary alicyclic amines) is 1. The molecule has 0 aromatic carbocycles. The van der Waals surface area contributed by atoms with Gasteiger partial charge in [-0.05, 0) is 26.6 Å². The second kappa shape index (κ2) is 6.22. The normalized spacial score (nSPS) is 22.6. The van der Waals surface area contributed by atoms with Crippen molar-refractivity contribution in [1.82, 2.24) is 20.0 Å². The Hall–Kier alpha value is -0.950. The number of hydrogen-bond acceptors (Lipinski definition) is 5. The topological polar surface area (TPSA) is 69.6 Å². The molecule has 20 heavy (non-hydrogen) atoms. The van der Waals surface area contributed by atoms with Crippen molar-refractivity contribution in [1.29, 1.82) is 0 Å². The van der Waals surface area contributed by atoms with Crippen LogP contribution in [0.4, 0.5) is 0 Å². The number of amides is 1. The molecule has 2 heterocycles. The summed E-state index contributed by atoms with van der Waals surface area (Å²) >= 11 is 11.7. The SMILES string of the molecule is CN(C)CC1CC(O)CN1C(=O)c1cc(Cl)nnc1Cl. The van der Waals surface area contributed by atoms with Crippen molar-refractivity contribution in [2.75, 3.05) is 27.2 Å². The summed E-state index contributed by atoms with van der Waals surface area (Å²) in [7, 11) is 3.84. The number of carbonyl (C=O) groups is 1. The molecule has 1 N–H and O–H groups in total. The first-order chi connectivity index (χ1) is 9.38. The lowest BCUT2D eigenvalue weighted by atomic mass is 10.2. The van der Waals surface area contributed by atoms with Gasteiger partial charge in [0.25, 0.3) is 5.91 Å². The van der Waals surface area contributed by atoms with Gasteiger partial charge in [-0.3, -0.25) is 4.79 Å². The van der Waals surface area contributed by atoms with Gasteiger partial charge in [-0.1, -0.05) is 23.2 Å². The van der Waals surface area contributed by atoms with Gasteiger partial charge in [-0.15, -0.1) is 10.2 Å². The molecule has 2 unspecified atom stereocenters. The Labute approximate surface area is 127 Å². The second-order valence-electron chi connectivity index (χ2n) is 5.13. The Morgan fingerprint density at radius 1 is 1.50 bits per heavy atom. The Morgan fingerprint density at radius 3 is 2.85 bits per heavy atom. The van der Waals surface area contributed by atoms with Crippen LogP contribution in [0.2, 0.25) is 10.3 Å². The zero-order valence-corrected chi connectivity index (χ0v) is 12.8. The molecule has 0 radical (unpaired) electrons. The molecule has 1 amide bonds. The van der Waals surface area contributed by atoms with E-state index in [-0.39, 0.29) is 34.4 Å². The highest BCUT2D eigenvalue weighted by molar-refractivity contribution is 6.34. The number of nitrogens with zero attached hydrogens (tertiary/aromatic N) is 4. The van der Waals surface area contributed by atoms with E-state index < -0.39 is 6.10 Å². The fraction of sp³-hybridized carbons (Fsp3) is 0.583. The minimum atomic E-state index is -0.520. The van der Waals surface area contributed by atoms with Crippen molar-refractivity contribution in [2.45, 2.75) is 18.6 Å². The second-order valence-corrected chi connectivity index (χ2v) is 5.88. The van der Waals surface area contributed by atoms with Crippen LogP contribution in [0, 0.1) is 0 Å². The molecule has 1 aliphatic rings. The third-order valence-electron chi connectivity index (χ3n) is 3.18. The van der Waals surface area contributed by atoms with Gasteiger partial charge >= 0.3 is 0 Å². The molecule has 0 saturated carbocycles. The van der Waals surface area contributed by atoms with E-state index in [0.717, 1.165) is 0 Å². The lowest BCUT2D eigenvalue weighted by Gasteiger charge is -2.27. The first-order valence-electron chi connectivity index (χ1n) is 6.21. The predicted molar refractivity (Wildman–Crippen MR) is 76.1 cm³/mol. The zero-order chi connectivity index (χ0) is 14.9. The summed E-state index contributed by atoms with van der Waals surface area (Å²) in [5.74, 6) is -0.282. The Bertz CT molecular complexity index is 512. The number of β-amino-alcohol motifs (C(OH)–C–C–N with tert-alkyl or cyclic N) is 1. The summed E-state index contributed by atoms with van der Waals surface area (Å²) in [4.78, 5) is 16.1. The maximum Gasteiger partial charge on any atom is 0.257 e. The minimum absolute atomic E-state index is 0.0180. The molecule has 0 aliphatic carbocycles. The number of carbonyl (C=O) groups excluding carboxylic acids is 1. The molecule has 1 aromatic heterocycles. The van der Waals surface area contributed by atoms with Gasteiger partial charge in [-0.25, -0.2) is 0 Å². The van der Waals surface area contributed by atoms with Crippen molar-refractivity contribution in [3.05, 3.63) is 21.9 Å². The Balaban J connectivity index is 2.24. The van der Waals surface area contributed by atoms with Crippen molar-refractivity contribution in [3.8, 4) is 0 Å². The molecule has 1 aromatic rings. The molecule has 0 bridgehead atoms. The number of halogens is 2. The van der Waals surface area contributed by atoms with Gasteiger partial charge in [0, 0.05) is 19.1 Å². The fourth-order valence-corrected chi connectivity index (χ4v) is 2.71. The highest BCUT2D eigenvalue weighted by Gasteiger charge is 2.35. The van der Waals surface area contributed by atoms with E-state index in [4.69, 9.17) is 23.2 Å². The highest BCUT2D eigenvalue weighted by Crippen LogP contribution is 2.24. The van der Waals surface area contributed by atoms with Crippen LogP contribution in [0.3, 0.4) is 0 Å². The number of rotatable bonds is 3. The summed E-state index contributed by atoms with van der Waals surface area (Å²) in [5.41, 5.74) is 0.213. The zero-order valence-electron chi connectivity index (χ0n) is 11.3. The Morgan fingerprint density at radius 2 is 2.20 bits per heavy atom. The predicted octanol–water partition coefficient (Wildman–Crippen LogP) is 0.920. The van der Waals surface area contributed by atoms with Crippen LogP contribution in [0.15, 0.2) is 6.07 Å². The molecule has 1 saturated heterocycles. The third-order valence-corrected chi connectivity index (χ3v) is 3.64.